The molecule has 2 rings (SSSR count). The predicted octanol–water partition coefficient (Wildman–Crippen LogP) is 4.35. The lowest BCUT2D eigenvalue weighted by Crippen LogP contribution is -2.26. The Morgan fingerprint density at radius 1 is 1.12 bits per heavy atom. The maximum atomic E-state index is 12.4. The zero-order valence-electron chi connectivity index (χ0n) is 13.7. The summed E-state index contributed by atoms with van der Waals surface area (Å²) in [6.45, 7) is 6.63. The Hall–Kier alpha value is -1.09. The highest BCUT2D eigenvalue weighted by Crippen LogP contribution is 2.32. The number of halogens is 1. The summed E-state index contributed by atoms with van der Waals surface area (Å²) in [5, 5.41) is 0. The van der Waals surface area contributed by atoms with E-state index in [1.54, 1.807) is 25.1 Å². The van der Waals surface area contributed by atoms with E-state index < -0.39 is 16.1 Å². The minimum atomic E-state index is -3.57. The Bertz CT molecular complexity index is 789. The van der Waals surface area contributed by atoms with Crippen molar-refractivity contribution in [2.24, 2.45) is 0 Å². The minimum absolute atomic E-state index is 0.275. The van der Waals surface area contributed by atoms with Crippen LogP contribution in [0, 0.1) is 0 Å². The average Bonchev–Trinajstić information content (AvgIpc) is 2.96. The zero-order chi connectivity index (χ0) is 17.7. The highest BCUT2D eigenvalue weighted by Gasteiger charge is 2.21. The second kappa shape index (κ2) is 8.33. The van der Waals surface area contributed by atoms with E-state index in [0.717, 1.165) is 9.35 Å². The summed E-state index contributed by atoms with van der Waals surface area (Å²) in [6.07, 6.45) is 0. The van der Waals surface area contributed by atoms with Crippen LogP contribution in [-0.2, 0) is 10.0 Å². The van der Waals surface area contributed by atoms with Crippen LogP contribution in [0.3, 0.4) is 0 Å². The molecule has 2 aromatic rings. The van der Waals surface area contributed by atoms with Crippen molar-refractivity contribution in [1.82, 2.24) is 4.72 Å². The fraction of sp³-hybridized carbons (Fsp3) is 0.375. The molecule has 0 fully saturated rings. The van der Waals surface area contributed by atoms with E-state index in [1.165, 1.54) is 11.3 Å². The van der Waals surface area contributed by atoms with Crippen LogP contribution in [0.4, 0.5) is 0 Å². The smallest absolute Gasteiger partial charge is 0.250 e. The van der Waals surface area contributed by atoms with Crippen molar-refractivity contribution in [3.05, 3.63) is 39.7 Å². The lowest BCUT2D eigenvalue weighted by molar-refractivity contribution is 0.287. The summed E-state index contributed by atoms with van der Waals surface area (Å²) in [4.78, 5) is 0. The number of rotatable bonds is 8. The molecule has 1 aromatic heterocycles. The van der Waals surface area contributed by atoms with Crippen LogP contribution in [0.2, 0.25) is 0 Å². The summed E-state index contributed by atoms with van der Waals surface area (Å²) < 4.78 is 39.7. The summed E-state index contributed by atoms with van der Waals surface area (Å²) in [6, 6.07) is 8.35. The molecule has 0 saturated heterocycles. The molecule has 24 heavy (non-hydrogen) atoms. The van der Waals surface area contributed by atoms with Crippen molar-refractivity contribution in [3.63, 3.8) is 0 Å². The average molecular weight is 434 g/mol. The quantitative estimate of drug-likeness (QED) is 0.671. The van der Waals surface area contributed by atoms with Crippen molar-refractivity contribution in [1.29, 1.82) is 0 Å². The molecule has 1 N–H and O–H groups in total. The molecule has 0 aliphatic carbocycles. The normalized spacial score (nSPS) is 12.8. The van der Waals surface area contributed by atoms with E-state index in [2.05, 4.69) is 20.7 Å². The molecule has 1 atom stereocenters. The van der Waals surface area contributed by atoms with Gasteiger partial charge in [0.15, 0.2) is 11.5 Å². The van der Waals surface area contributed by atoms with E-state index in [9.17, 15) is 8.42 Å². The molecule has 5 nitrogen and oxygen atoms in total. The standard InChI is InChI=1S/C16H20BrNO4S2/c1-4-21-13-7-6-12(10-14(13)22-5-2)11(3)18-24(19,20)16-9-8-15(17)23-16/h6-11,18H,4-5H2,1-3H3. The molecule has 0 aliphatic heterocycles. The molecule has 0 amide bonds. The lowest BCUT2D eigenvalue weighted by Gasteiger charge is -2.17. The van der Waals surface area contributed by atoms with Crippen LogP contribution in [0.1, 0.15) is 32.4 Å². The molecule has 1 unspecified atom stereocenters. The first kappa shape index (κ1) is 19.2. The number of thiophene rings is 1. The first-order valence-electron chi connectivity index (χ1n) is 7.54. The van der Waals surface area contributed by atoms with Gasteiger partial charge in [-0.05, 0) is 66.5 Å². The zero-order valence-corrected chi connectivity index (χ0v) is 16.9. The van der Waals surface area contributed by atoms with E-state index in [1.807, 2.05) is 26.0 Å². The SMILES string of the molecule is CCOc1ccc(C(C)NS(=O)(=O)c2ccc(Br)s2)cc1OCC. The first-order valence-corrected chi connectivity index (χ1v) is 10.6. The number of sulfonamides is 1. The van der Waals surface area contributed by atoms with Crippen LogP contribution in [0.25, 0.3) is 0 Å². The Kier molecular flexibility index (Phi) is 6.68. The van der Waals surface area contributed by atoms with Gasteiger partial charge in [-0.2, -0.15) is 0 Å². The van der Waals surface area contributed by atoms with Gasteiger partial charge in [0, 0.05) is 6.04 Å². The molecular weight excluding hydrogens is 414 g/mol. The van der Waals surface area contributed by atoms with Gasteiger partial charge in [0.25, 0.3) is 10.0 Å². The number of ether oxygens (including phenoxy) is 2. The van der Waals surface area contributed by atoms with Crippen LogP contribution in [0.15, 0.2) is 38.3 Å². The van der Waals surface area contributed by atoms with Gasteiger partial charge in [0.05, 0.1) is 17.0 Å². The van der Waals surface area contributed by atoms with E-state index >= 15 is 0 Å². The minimum Gasteiger partial charge on any atom is -0.490 e. The van der Waals surface area contributed by atoms with E-state index in [0.29, 0.717) is 24.7 Å². The largest absolute Gasteiger partial charge is 0.490 e. The third-order valence-corrected chi connectivity index (χ3v) is 6.87. The van der Waals surface area contributed by atoms with Gasteiger partial charge in [-0.3, -0.25) is 0 Å². The van der Waals surface area contributed by atoms with Gasteiger partial charge in [0.1, 0.15) is 4.21 Å². The van der Waals surface area contributed by atoms with Crippen molar-refractivity contribution < 1.29 is 17.9 Å². The van der Waals surface area contributed by atoms with Gasteiger partial charge in [-0.15, -0.1) is 11.3 Å². The lowest BCUT2D eigenvalue weighted by atomic mass is 10.1. The molecule has 0 bridgehead atoms. The topological polar surface area (TPSA) is 64.6 Å². The van der Waals surface area contributed by atoms with E-state index in [4.69, 9.17) is 9.47 Å². The molecule has 8 heteroatoms. The van der Waals surface area contributed by atoms with Gasteiger partial charge in [-0.25, -0.2) is 13.1 Å². The molecule has 1 heterocycles. The van der Waals surface area contributed by atoms with E-state index in [-0.39, 0.29) is 4.21 Å². The second-order valence-electron chi connectivity index (χ2n) is 4.97. The van der Waals surface area contributed by atoms with Crippen LogP contribution in [0.5, 0.6) is 11.5 Å². The number of benzene rings is 1. The van der Waals surface area contributed by atoms with Crippen molar-refractivity contribution in [3.8, 4) is 11.5 Å². The molecule has 1 aromatic carbocycles. The predicted molar refractivity (Wildman–Crippen MR) is 99.5 cm³/mol. The number of nitrogens with one attached hydrogen (secondary N) is 1. The van der Waals surface area contributed by atoms with Gasteiger partial charge < -0.3 is 9.47 Å². The highest BCUT2D eigenvalue weighted by atomic mass is 79.9. The molecule has 0 saturated carbocycles. The van der Waals surface area contributed by atoms with Gasteiger partial charge in [-0.1, -0.05) is 6.07 Å². The molecule has 0 spiro atoms. The summed E-state index contributed by atoms with van der Waals surface area (Å²) in [7, 11) is -3.57. The molecule has 0 radical (unpaired) electrons. The number of hydrogen-bond donors (Lipinski definition) is 1. The maximum absolute atomic E-state index is 12.4. The first-order chi connectivity index (χ1) is 11.4. The highest BCUT2D eigenvalue weighted by molar-refractivity contribution is 9.11. The van der Waals surface area contributed by atoms with Crippen LogP contribution in [-0.4, -0.2) is 21.6 Å². The fourth-order valence-corrected chi connectivity index (χ4v) is 5.40. The summed E-state index contributed by atoms with van der Waals surface area (Å²) in [5.41, 5.74) is 0.807. The number of hydrogen-bond acceptors (Lipinski definition) is 5. The monoisotopic (exact) mass is 433 g/mol. The maximum Gasteiger partial charge on any atom is 0.250 e. The summed E-state index contributed by atoms with van der Waals surface area (Å²) >= 11 is 4.45. The third-order valence-electron chi connectivity index (χ3n) is 3.21. The Morgan fingerprint density at radius 2 is 1.79 bits per heavy atom. The third kappa shape index (κ3) is 4.72. The Morgan fingerprint density at radius 3 is 2.38 bits per heavy atom. The molecule has 132 valence electrons. The van der Waals surface area contributed by atoms with Gasteiger partial charge >= 0.3 is 0 Å². The fourth-order valence-electron chi connectivity index (χ4n) is 2.14. The molecule has 0 aliphatic rings. The Balaban J connectivity index is 2.22. The van der Waals surface area contributed by atoms with Crippen molar-refractivity contribution in [2.45, 2.75) is 31.0 Å². The summed E-state index contributed by atoms with van der Waals surface area (Å²) in [5.74, 6) is 1.27. The van der Waals surface area contributed by atoms with Crippen molar-refractivity contribution in [2.75, 3.05) is 13.2 Å². The molecular formula is C16H20BrNO4S2. The van der Waals surface area contributed by atoms with Crippen LogP contribution < -0.4 is 14.2 Å². The van der Waals surface area contributed by atoms with Crippen LogP contribution >= 0.6 is 27.3 Å². The van der Waals surface area contributed by atoms with Crippen molar-refractivity contribution >= 4 is 37.3 Å². The Labute approximate surface area is 155 Å². The second-order valence-corrected chi connectivity index (χ2v) is 9.38. The van der Waals surface area contributed by atoms with Gasteiger partial charge in [0.2, 0.25) is 0 Å².